The second-order valence-corrected chi connectivity index (χ2v) is 5.31. The summed E-state index contributed by atoms with van der Waals surface area (Å²) in [7, 11) is 0. The van der Waals surface area contributed by atoms with Crippen LogP contribution in [0.3, 0.4) is 0 Å². The van der Waals surface area contributed by atoms with Crippen molar-refractivity contribution in [2.24, 2.45) is 5.92 Å². The molecule has 1 aliphatic rings. The van der Waals surface area contributed by atoms with Crippen molar-refractivity contribution in [1.29, 1.82) is 0 Å². The number of aromatic amines is 1. The second-order valence-electron chi connectivity index (χ2n) is 5.31. The zero-order valence-electron chi connectivity index (χ0n) is 11.8. The molecule has 1 amide bonds. The van der Waals surface area contributed by atoms with E-state index in [1.54, 1.807) is 30.9 Å². The molecular weight excluding hydrogens is 266 g/mol. The van der Waals surface area contributed by atoms with Gasteiger partial charge in [-0.3, -0.25) is 4.79 Å². The molecule has 6 nitrogen and oxygen atoms in total. The molecule has 2 N–H and O–H groups in total. The molecule has 3 rings (SSSR count). The number of H-pyrrole nitrogens is 1. The van der Waals surface area contributed by atoms with E-state index in [4.69, 9.17) is 0 Å². The van der Waals surface area contributed by atoms with Gasteiger partial charge in [0.1, 0.15) is 0 Å². The zero-order chi connectivity index (χ0) is 14.5. The van der Waals surface area contributed by atoms with Crippen molar-refractivity contribution in [2.75, 3.05) is 24.5 Å². The summed E-state index contributed by atoms with van der Waals surface area (Å²) in [5.74, 6) is 1.19. The van der Waals surface area contributed by atoms with Crippen LogP contribution in [0.4, 0.5) is 5.95 Å². The third kappa shape index (κ3) is 3.39. The topological polar surface area (TPSA) is 73.9 Å². The lowest BCUT2D eigenvalue weighted by atomic mass is 9.98. The first kappa shape index (κ1) is 13.6. The minimum absolute atomic E-state index is 0.0238. The van der Waals surface area contributed by atoms with Crippen LogP contribution in [0.15, 0.2) is 36.9 Å². The van der Waals surface area contributed by atoms with Gasteiger partial charge in [0.05, 0.1) is 5.56 Å². The summed E-state index contributed by atoms with van der Waals surface area (Å²) in [5.41, 5.74) is 0.675. The van der Waals surface area contributed by atoms with Gasteiger partial charge in [-0.25, -0.2) is 9.97 Å². The molecule has 21 heavy (non-hydrogen) atoms. The highest BCUT2D eigenvalue weighted by molar-refractivity contribution is 5.93. The fourth-order valence-corrected chi connectivity index (χ4v) is 2.67. The van der Waals surface area contributed by atoms with Gasteiger partial charge >= 0.3 is 0 Å². The Morgan fingerprint density at radius 2 is 2.29 bits per heavy atom. The fourth-order valence-electron chi connectivity index (χ4n) is 2.67. The van der Waals surface area contributed by atoms with Crippen LogP contribution in [0.1, 0.15) is 23.2 Å². The molecule has 6 heteroatoms. The molecule has 1 fully saturated rings. The number of carbonyl (C=O) groups excluding carboxylic acids is 1. The monoisotopic (exact) mass is 285 g/mol. The van der Waals surface area contributed by atoms with Gasteiger partial charge in [0, 0.05) is 44.4 Å². The highest BCUT2D eigenvalue weighted by Gasteiger charge is 2.22. The van der Waals surface area contributed by atoms with E-state index in [-0.39, 0.29) is 5.91 Å². The predicted molar refractivity (Wildman–Crippen MR) is 80.1 cm³/mol. The van der Waals surface area contributed by atoms with Gasteiger partial charge in [0.15, 0.2) is 0 Å². The van der Waals surface area contributed by atoms with Crippen molar-refractivity contribution in [1.82, 2.24) is 20.3 Å². The number of aromatic nitrogens is 3. The maximum atomic E-state index is 11.9. The van der Waals surface area contributed by atoms with Gasteiger partial charge in [-0.15, -0.1) is 0 Å². The Hall–Kier alpha value is -2.37. The maximum Gasteiger partial charge on any atom is 0.252 e. The fraction of sp³-hybridized carbons (Fsp3) is 0.400. The van der Waals surface area contributed by atoms with Gasteiger partial charge in [-0.05, 0) is 30.9 Å². The number of nitrogens with zero attached hydrogens (tertiary/aromatic N) is 3. The molecule has 2 aromatic heterocycles. The van der Waals surface area contributed by atoms with Crippen molar-refractivity contribution in [3.05, 3.63) is 42.5 Å². The summed E-state index contributed by atoms with van der Waals surface area (Å²) < 4.78 is 0. The van der Waals surface area contributed by atoms with Gasteiger partial charge in [0.25, 0.3) is 5.91 Å². The van der Waals surface area contributed by atoms with Gasteiger partial charge in [0.2, 0.25) is 5.95 Å². The van der Waals surface area contributed by atoms with Crippen molar-refractivity contribution in [3.8, 4) is 0 Å². The van der Waals surface area contributed by atoms with Crippen LogP contribution in [0.5, 0.6) is 0 Å². The van der Waals surface area contributed by atoms with Crippen LogP contribution in [0.25, 0.3) is 0 Å². The SMILES string of the molecule is O=C(NC[C@@H]1CCCN(c2ncccn2)C1)c1cc[nH]c1. The van der Waals surface area contributed by atoms with Gasteiger partial charge in [-0.2, -0.15) is 0 Å². The van der Waals surface area contributed by atoms with E-state index in [1.807, 2.05) is 6.07 Å². The number of anilines is 1. The van der Waals surface area contributed by atoms with Crippen LogP contribution in [-0.2, 0) is 0 Å². The average Bonchev–Trinajstić information content (AvgIpc) is 3.08. The summed E-state index contributed by atoms with van der Waals surface area (Å²) in [6.07, 6.45) is 9.21. The Morgan fingerprint density at radius 3 is 3.05 bits per heavy atom. The van der Waals surface area contributed by atoms with Gasteiger partial charge in [-0.1, -0.05) is 0 Å². The van der Waals surface area contributed by atoms with E-state index < -0.39 is 0 Å². The first-order valence-electron chi connectivity index (χ1n) is 7.26. The summed E-state index contributed by atoms with van der Waals surface area (Å²) in [4.78, 5) is 25.6. The van der Waals surface area contributed by atoms with Crippen LogP contribution < -0.4 is 10.2 Å². The van der Waals surface area contributed by atoms with E-state index in [2.05, 4.69) is 25.2 Å². The molecule has 1 aliphatic heterocycles. The standard InChI is InChI=1S/C15H19N5O/c21-14(13-4-7-16-10-13)19-9-12-3-1-8-20(11-12)15-17-5-2-6-18-15/h2,4-7,10,12,16H,1,3,8-9,11H2,(H,19,21)/t12-/m0/s1. The number of amides is 1. The molecule has 0 radical (unpaired) electrons. The molecule has 110 valence electrons. The van der Waals surface area contributed by atoms with Crippen molar-refractivity contribution >= 4 is 11.9 Å². The van der Waals surface area contributed by atoms with Crippen LogP contribution in [0, 0.1) is 5.92 Å². The van der Waals surface area contributed by atoms with Crippen LogP contribution in [0.2, 0.25) is 0 Å². The Balaban J connectivity index is 1.53. The lowest BCUT2D eigenvalue weighted by Gasteiger charge is -2.32. The number of hydrogen-bond acceptors (Lipinski definition) is 4. The molecule has 0 unspecified atom stereocenters. The quantitative estimate of drug-likeness (QED) is 0.891. The van der Waals surface area contributed by atoms with E-state index >= 15 is 0 Å². The highest BCUT2D eigenvalue weighted by Crippen LogP contribution is 2.19. The Morgan fingerprint density at radius 1 is 1.43 bits per heavy atom. The average molecular weight is 285 g/mol. The number of carbonyl (C=O) groups is 1. The molecule has 0 bridgehead atoms. The van der Waals surface area contributed by atoms with E-state index in [0.29, 0.717) is 18.0 Å². The van der Waals surface area contributed by atoms with Crippen molar-refractivity contribution < 1.29 is 4.79 Å². The molecular formula is C15H19N5O. The van der Waals surface area contributed by atoms with Gasteiger partial charge < -0.3 is 15.2 Å². The number of piperidine rings is 1. The maximum absolute atomic E-state index is 11.9. The minimum Gasteiger partial charge on any atom is -0.367 e. The number of rotatable bonds is 4. The highest BCUT2D eigenvalue weighted by atomic mass is 16.1. The summed E-state index contributed by atoms with van der Waals surface area (Å²) >= 11 is 0. The van der Waals surface area contributed by atoms with Crippen molar-refractivity contribution in [2.45, 2.75) is 12.8 Å². The molecule has 1 saturated heterocycles. The molecule has 0 aromatic carbocycles. The number of nitrogens with one attached hydrogen (secondary N) is 2. The summed E-state index contributed by atoms with van der Waals surface area (Å²) in [6, 6.07) is 3.60. The lowest BCUT2D eigenvalue weighted by molar-refractivity contribution is 0.0946. The molecule has 0 aliphatic carbocycles. The predicted octanol–water partition coefficient (Wildman–Crippen LogP) is 1.45. The first-order chi connectivity index (χ1) is 10.3. The summed E-state index contributed by atoms with van der Waals surface area (Å²) in [5, 5.41) is 3.00. The normalized spacial score (nSPS) is 18.5. The van der Waals surface area contributed by atoms with E-state index in [0.717, 1.165) is 31.9 Å². The largest absolute Gasteiger partial charge is 0.367 e. The van der Waals surface area contributed by atoms with E-state index in [9.17, 15) is 4.79 Å². The molecule has 1 atom stereocenters. The third-order valence-corrected chi connectivity index (χ3v) is 3.77. The van der Waals surface area contributed by atoms with Crippen LogP contribution >= 0.6 is 0 Å². The van der Waals surface area contributed by atoms with Crippen molar-refractivity contribution in [3.63, 3.8) is 0 Å². The number of hydrogen-bond donors (Lipinski definition) is 2. The second kappa shape index (κ2) is 6.39. The lowest BCUT2D eigenvalue weighted by Crippen LogP contribution is -2.41. The molecule has 2 aromatic rings. The Bertz CT molecular complexity index is 569. The minimum atomic E-state index is -0.0238. The first-order valence-corrected chi connectivity index (χ1v) is 7.26. The Kier molecular flexibility index (Phi) is 4.14. The zero-order valence-corrected chi connectivity index (χ0v) is 11.8. The third-order valence-electron chi connectivity index (χ3n) is 3.77. The molecule has 3 heterocycles. The molecule has 0 saturated carbocycles. The Labute approximate surface area is 123 Å². The molecule has 0 spiro atoms. The van der Waals surface area contributed by atoms with E-state index in [1.165, 1.54) is 0 Å². The van der Waals surface area contributed by atoms with Crippen LogP contribution in [-0.4, -0.2) is 40.5 Å². The smallest absolute Gasteiger partial charge is 0.252 e. The summed E-state index contributed by atoms with van der Waals surface area (Å²) in [6.45, 7) is 2.55.